The summed E-state index contributed by atoms with van der Waals surface area (Å²) in [6.45, 7) is 2.88. The molecule has 0 spiro atoms. The third-order valence-electron chi connectivity index (χ3n) is 3.45. The van der Waals surface area contributed by atoms with Gasteiger partial charge in [0.1, 0.15) is 0 Å². The first-order valence-electron chi connectivity index (χ1n) is 7.55. The van der Waals surface area contributed by atoms with Crippen LogP contribution in [0.15, 0.2) is 30.0 Å². The molecule has 1 unspecified atom stereocenters. The molecule has 1 fully saturated rings. The molecular formula is C17H19NO8. The van der Waals surface area contributed by atoms with Crippen molar-refractivity contribution in [3.8, 4) is 0 Å². The number of methoxy groups -OCH3 is 2. The lowest BCUT2D eigenvalue weighted by molar-refractivity contribution is -0.222. The molecule has 0 aliphatic carbocycles. The first-order valence-corrected chi connectivity index (χ1v) is 7.55. The largest absolute Gasteiger partial charge is 0.465 e. The van der Waals surface area contributed by atoms with Crippen LogP contribution >= 0.6 is 0 Å². The molecule has 9 nitrogen and oxygen atoms in total. The summed E-state index contributed by atoms with van der Waals surface area (Å²) in [5.74, 6) is -3.64. The maximum Gasteiger partial charge on any atom is 0.350 e. The van der Waals surface area contributed by atoms with Crippen LogP contribution in [0.25, 0.3) is 0 Å². The van der Waals surface area contributed by atoms with E-state index in [9.17, 15) is 19.5 Å². The Morgan fingerprint density at radius 1 is 1.23 bits per heavy atom. The summed E-state index contributed by atoms with van der Waals surface area (Å²) in [5, 5.41) is 12.6. The van der Waals surface area contributed by atoms with Crippen molar-refractivity contribution >= 4 is 23.6 Å². The summed E-state index contributed by atoms with van der Waals surface area (Å²) in [4.78, 5) is 35.6. The molecule has 1 aromatic carbocycles. The molecule has 0 amide bonds. The molecule has 1 aliphatic rings. The Bertz CT molecular complexity index is 746. The molecule has 1 atom stereocenters. The van der Waals surface area contributed by atoms with Gasteiger partial charge in [-0.3, -0.25) is 0 Å². The second-order valence-electron chi connectivity index (χ2n) is 5.76. The number of carbonyl (C=O) groups is 3. The number of rotatable bonds is 5. The molecule has 1 aliphatic heterocycles. The molecule has 140 valence electrons. The third-order valence-corrected chi connectivity index (χ3v) is 3.45. The number of cyclic esters (lactones) is 2. The molecule has 9 heteroatoms. The minimum Gasteiger partial charge on any atom is -0.465 e. The lowest BCUT2D eigenvalue weighted by Crippen LogP contribution is -2.42. The van der Waals surface area contributed by atoms with Gasteiger partial charge in [-0.1, -0.05) is 0 Å². The Balaban J connectivity index is 2.28. The minimum atomic E-state index is -1.37. The van der Waals surface area contributed by atoms with E-state index in [1.54, 1.807) is 0 Å². The molecular weight excluding hydrogens is 346 g/mol. The van der Waals surface area contributed by atoms with Gasteiger partial charge in [-0.05, 0) is 18.2 Å². The van der Waals surface area contributed by atoms with Gasteiger partial charge in [-0.15, -0.1) is 0 Å². The molecule has 0 aromatic heterocycles. The van der Waals surface area contributed by atoms with Crippen LogP contribution in [0.2, 0.25) is 0 Å². The highest BCUT2D eigenvalue weighted by Crippen LogP contribution is 2.25. The van der Waals surface area contributed by atoms with Crippen molar-refractivity contribution in [1.29, 1.82) is 0 Å². The molecule has 2 N–H and O–H groups in total. The molecule has 26 heavy (non-hydrogen) atoms. The standard InChI is InChI=1S/C17H19NO8/c1-17(2)25-15(21)12(16(22)26-17)8-18-9-5-6-10(13(19)23-3)11(7-9)14(20)24-4/h5-8,14,18,20H,1-4H3. The number of carbonyl (C=O) groups excluding carboxylic acids is 3. The van der Waals surface area contributed by atoms with Gasteiger partial charge in [0.2, 0.25) is 0 Å². The summed E-state index contributed by atoms with van der Waals surface area (Å²) in [6, 6.07) is 4.32. The van der Waals surface area contributed by atoms with Crippen LogP contribution in [-0.2, 0) is 28.5 Å². The predicted octanol–water partition coefficient (Wildman–Crippen LogP) is 1.24. The van der Waals surface area contributed by atoms with Crippen LogP contribution in [0.4, 0.5) is 5.69 Å². The Kier molecular flexibility index (Phi) is 5.63. The number of aliphatic hydroxyl groups is 1. The number of nitrogens with one attached hydrogen (secondary N) is 1. The summed E-state index contributed by atoms with van der Waals surface area (Å²) in [7, 11) is 2.48. The molecule has 0 saturated carbocycles. The fraction of sp³-hybridized carbons (Fsp3) is 0.353. The van der Waals surface area contributed by atoms with Crippen molar-refractivity contribution < 1.29 is 38.4 Å². The lowest BCUT2D eigenvalue weighted by Gasteiger charge is -2.29. The summed E-state index contributed by atoms with van der Waals surface area (Å²) >= 11 is 0. The number of ether oxygens (including phenoxy) is 4. The van der Waals surface area contributed by atoms with E-state index in [4.69, 9.17) is 14.2 Å². The van der Waals surface area contributed by atoms with Crippen molar-refractivity contribution in [2.75, 3.05) is 19.5 Å². The fourth-order valence-electron chi connectivity index (χ4n) is 2.21. The van der Waals surface area contributed by atoms with Crippen molar-refractivity contribution in [1.82, 2.24) is 0 Å². The van der Waals surface area contributed by atoms with Crippen LogP contribution in [-0.4, -0.2) is 43.0 Å². The Labute approximate surface area is 149 Å². The van der Waals surface area contributed by atoms with Gasteiger partial charge in [0.25, 0.3) is 5.79 Å². The number of benzene rings is 1. The number of aliphatic hydroxyl groups excluding tert-OH is 1. The van der Waals surface area contributed by atoms with E-state index in [1.807, 2.05) is 0 Å². The van der Waals surface area contributed by atoms with Gasteiger partial charge in [-0.25, -0.2) is 14.4 Å². The van der Waals surface area contributed by atoms with E-state index in [-0.39, 0.29) is 16.7 Å². The predicted molar refractivity (Wildman–Crippen MR) is 87.7 cm³/mol. The van der Waals surface area contributed by atoms with E-state index < -0.39 is 30.0 Å². The van der Waals surface area contributed by atoms with Crippen LogP contribution < -0.4 is 5.32 Å². The van der Waals surface area contributed by atoms with E-state index >= 15 is 0 Å². The summed E-state index contributed by atoms with van der Waals surface area (Å²) in [6.07, 6.45) is -0.250. The smallest absolute Gasteiger partial charge is 0.350 e. The highest BCUT2D eigenvalue weighted by atomic mass is 16.7. The number of hydrogen-bond acceptors (Lipinski definition) is 9. The lowest BCUT2D eigenvalue weighted by atomic mass is 10.1. The molecule has 1 saturated heterocycles. The first-order chi connectivity index (χ1) is 12.2. The van der Waals surface area contributed by atoms with Gasteiger partial charge < -0.3 is 29.4 Å². The average molecular weight is 365 g/mol. The molecule has 1 heterocycles. The van der Waals surface area contributed by atoms with E-state index in [0.29, 0.717) is 5.69 Å². The topological polar surface area (TPSA) is 120 Å². The van der Waals surface area contributed by atoms with Gasteiger partial charge in [0, 0.05) is 38.4 Å². The van der Waals surface area contributed by atoms with Gasteiger partial charge in [0.15, 0.2) is 11.9 Å². The Hall–Kier alpha value is -2.91. The van der Waals surface area contributed by atoms with Crippen LogP contribution in [0.3, 0.4) is 0 Å². The molecule has 0 radical (unpaired) electrons. The Morgan fingerprint density at radius 2 is 1.85 bits per heavy atom. The summed E-state index contributed by atoms with van der Waals surface area (Å²) < 4.78 is 19.4. The third kappa shape index (κ3) is 4.19. The first kappa shape index (κ1) is 19.4. The maximum absolute atomic E-state index is 11.9. The zero-order valence-electron chi connectivity index (χ0n) is 14.7. The SMILES string of the molecule is COC(=O)c1ccc(NC=C2C(=O)OC(C)(C)OC2=O)cc1C(O)OC. The monoisotopic (exact) mass is 365 g/mol. The maximum atomic E-state index is 11.9. The quantitative estimate of drug-likeness (QED) is 0.343. The number of anilines is 1. The van der Waals surface area contributed by atoms with Crippen molar-refractivity contribution in [2.45, 2.75) is 25.9 Å². The number of esters is 3. The molecule has 1 aromatic rings. The van der Waals surface area contributed by atoms with Crippen molar-refractivity contribution in [3.63, 3.8) is 0 Å². The minimum absolute atomic E-state index is 0.110. The normalized spacial score (nSPS) is 17.0. The van der Waals surface area contributed by atoms with Crippen molar-refractivity contribution in [2.24, 2.45) is 0 Å². The average Bonchev–Trinajstić information content (AvgIpc) is 2.58. The second-order valence-corrected chi connectivity index (χ2v) is 5.76. The summed E-state index contributed by atoms with van der Waals surface area (Å²) in [5.41, 5.74) is 0.313. The van der Waals surface area contributed by atoms with E-state index in [1.165, 1.54) is 46.3 Å². The van der Waals surface area contributed by atoms with Gasteiger partial charge >= 0.3 is 17.9 Å². The highest BCUT2D eigenvalue weighted by Gasteiger charge is 2.38. The molecule has 2 rings (SSSR count). The zero-order valence-corrected chi connectivity index (χ0v) is 14.7. The van der Waals surface area contributed by atoms with Crippen LogP contribution in [0, 0.1) is 0 Å². The van der Waals surface area contributed by atoms with Gasteiger partial charge in [0.05, 0.1) is 12.7 Å². The van der Waals surface area contributed by atoms with Gasteiger partial charge in [-0.2, -0.15) is 0 Å². The highest BCUT2D eigenvalue weighted by molar-refractivity contribution is 6.15. The van der Waals surface area contributed by atoms with Crippen molar-refractivity contribution in [3.05, 3.63) is 41.1 Å². The van der Waals surface area contributed by atoms with Crippen LogP contribution in [0.1, 0.15) is 36.1 Å². The Morgan fingerprint density at radius 3 is 2.38 bits per heavy atom. The zero-order chi connectivity index (χ0) is 19.5. The number of hydrogen-bond donors (Lipinski definition) is 2. The second kappa shape index (κ2) is 7.54. The van der Waals surface area contributed by atoms with Crippen LogP contribution in [0.5, 0.6) is 0 Å². The van der Waals surface area contributed by atoms with E-state index in [0.717, 1.165) is 6.20 Å². The molecule has 0 bridgehead atoms. The van der Waals surface area contributed by atoms with E-state index in [2.05, 4.69) is 10.1 Å². The fourth-order valence-corrected chi connectivity index (χ4v) is 2.21.